The van der Waals surface area contributed by atoms with Crippen LogP contribution in [0, 0.1) is 19.4 Å². The van der Waals surface area contributed by atoms with E-state index in [1.807, 2.05) is 0 Å². The monoisotopic (exact) mass is 82.1 g/mol. The van der Waals surface area contributed by atoms with Crippen molar-refractivity contribution in [3.8, 4) is 0 Å². The third-order valence-electron chi connectivity index (χ3n) is 0.797. The van der Waals surface area contributed by atoms with Crippen LogP contribution in [0.4, 0.5) is 0 Å². The van der Waals surface area contributed by atoms with Gasteiger partial charge in [0, 0.05) is 0 Å². The van der Waals surface area contributed by atoms with Crippen molar-refractivity contribution < 1.29 is 0 Å². The quantitative estimate of drug-likeness (QED) is 0.476. The predicted octanol–water partition coefficient (Wildman–Crippen LogP) is 1.84. The van der Waals surface area contributed by atoms with Gasteiger partial charge in [-0.3, -0.25) is 0 Å². The molecule has 0 aromatic carbocycles. The third kappa shape index (κ3) is 2.01. The van der Waals surface area contributed by atoms with E-state index in [0.29, 0.717) is 5.92 Å². The fourth-order valence-corrected chi connectivity index (χ4v) is 0.136. The van der Waals surface area contributed by atoms with Crippen molar-refractivity contribution in [2.75, 3.05) is 0 Å². The second kappa shape index (κ2) is 2.95. The Labute approximate surface area is 39.9 Å². The maximum atomic E-state index is 5.10. The molecule has 0 spiro atoms. The molecule has 0 aromatic rings. The smallest absolute Gasteiger partial charge is 0.0233 e. The van der Waals surface area contributed by atoms with E-state index in [1.165, 1.54) is 0 Å². The van der Waals surface area contributed by atoms with Crippen molar-refractivity contribution in [2.24, 2.45) is 5.92 Å². The zero-order valence-electron chi connectivity index (χ0n) is 4.15. The number of rotatable bonds is 2. The molecular formula is C6H10. The summed E-state index contributed by atoms with van der Waals surface area (Å²) in [6, 6.07) is 0. The summed E-state index contributed by atoms with van der Waals surface area (Å²) in [5.41, 5.74) is 0. The van der Waals surface area contributed by atoms with E-state index in [0.717, 1.165) is 6.42 Å². The molecule has 0 rings (SSSR count). The number of hydrogen-bond donors (Lipinski definition) is 0. The van der Waals surface area contributed by atoms with Crippen LogP contribution in [0.2, 0.25) is 0 Å². The van der Waals surface area contributed by atoms with E-state index in [9.17, 15) is 0 Å². The highest BCUT2D eigenvalue weighted by molar-refractivity contribution is 4.75. The van der Waals surface area contributed by atoms with Gasteiger partial charge in [-0.15, -0.1) is 0 Å². The molecule has 0 aliphatic carbocycles. The second-order valence-corrected chi connectivity index (χ2v) is 1.36. The minimum atomic E-state index is 0.338. The Hall–Kier alpha value is -0.260. The number of allylic oxidation sites excluding steroid dienone is 1. The molecule has 0 aliphatic rings. The summed E-state index contributed by atoms with van der Waals surface area (Å²) >= 11 is 0. The molecule has 1 unspecified atom stereocenters. The van der Waals surface area contributed by atoms with Gasteiger partial charge in [-0.25, -0.2) is 0 Å². The van der Waals surface area contributed by atoms with Gasteiger partial charge in [0.25, 0.3) is 0 Å². The van der Waals surface area contributed by atoms with Gasteiger partial charge >= 0.3 is 0 Å². The average molecular weight is 82.1 g/mol. The van der Waals surface area contributed by atoms with Crippen molar-refractivity contribution in [3.63, 3.8) is 0 Å². The van der Waals surface area contributed by atoms with E-state index >= 15 is 0 Å². The zero-order chi connectivity index (χ0) is 4.99. The lowest BCUT2D eigenvalue weighted by atomic mass is 10.1. The van der Waals surface area contributed by atoms with Gasteiger partial charge in [-0.05, 0) is 19.3 Å². The van der Waals surface area contributed by atoms with E-state index in [-0.39, 0.29) is 0 Å². The summed E-state index contributed by atoms with van der Waals surface area (Å²) in [6.07, 6.45) is 2.65. The van der Waals surface area contributed by atoms with Crippen LogP contribution < -0.4 is 0 Å². The van der Waals surface area contributed by atoms with Gasteiger partial charge in [0.05, 0.1) is 0 Å². The summed E-state index contributed by atoms with van der Waals surface area (Å²) in [7, 11) is 0. The van der Waals surface area contributed by atoms with Crippen molar-refractivity contribution >= 4 is 0 Å². The third-order valence-corrected chi connectivity index (χ3v) is 0.797. The lowest BCUT2D eigenvalue weighted by molar-refractivity contribution is 0.771. The maximum Gasteiger partial charge on any atom is -0.0233 e. The van der Waals surface area contributed by atoms with Gasteiger partial charge in [-0.1, -0.05) is 19.6 Å². The van der Waals surface area contributed by atoms with E-state index in [2.05, 4.69) is 13.8 Å². The topological polar surface area (TPSA) is 0 Å². The molecule has 0 aliphatic heterocycles. The lowest BCUT2D eigenvalue weighted by Gasteiger charge is -1.93. The summed E-state index contributed by atoms with van der Waals surface area (Å²) in [6.45, 7) is 10.8. The van der Waals surface area contributed by atoms with E-state index in [4.69, 9.17) is 6.58 Å². The highest BCUT2D eigenvalue weighted by Gasteiger charge is 1.84. The Bertz CT molecular complexity index is 37.3. The average Bonchev–Trinajstić information content (AvgIpc) is 1.65. The molecule has 0 saturated carbocycles. The predicted molar refractivity (Wildman–Crippen MR) is 28.0 cm³/mol. The summed E-state index contributed by atoms with van der Waals surface area (Å²) in [4.78, 5) is 0. The Kier molecular flexibility index (Phi) is 2.82. The molecular weight excluding hydrogens is 72.1 g/mol. The van der Waals surface area contributed by atoms with Crippen LogP contribution in [-0.2, 0) is 0 Å². The summed E-state index contributed by atoms with van der Waals surface area (Å²) in [5.74, 6) is 0.338. The molecule has 0 nitrogen and oxygen atoms in total. The van der Waals surface area contributed by atoms with E-state index < -0.39 is 0 Å². The normalized spacial score (nSPS) is 13.7. The maximum absolute atomic E-state index is 5.10. The molecule has 34 valence electrons. The highest BCUT2D eigenvalue weighted by atomic mass is 13.9. The van der Waals surface area contributed by atoms with Crippen LogP contribution >= 0.6 is 0 Å². The van der Waals surface area contributed by atoms with Crippen LogP contribution in [0.25, 0.3) is 0 Å². The largest absolute Gasteiger partial charge is 0.0814 e. The molecule has 2 radical (unpaired) electrons. The molecule has 0 amide bonds. The molecule has 6 heavy (non-hydrogen) atoms. The van der Waals surface area contributed by atoms with Crippen LogP contribution in [0.1, 0.15) is 13.3 Å². The van der Waals surface area contributed by atoms with Crippen molar-refractivity contribution in [3.05, 3.63) is 19.6 Å². The van der Waals surface area contributed by atoms with Gasteiger partial charge in [0.1, 0.15) is 0 Å². The summed E-state index contributed by atoms with van der Waals surface area (Å²) < 4.78 is 0. The zero-order valence-corrected chi connectivity index (χ0v) is 4.15. The fourth-order valence-electron chi connectivity index (χ4n) is 0.136. The van der Waals surface area contributed by atoms with Crippen LogP contribution in [-0.4, -0.2) is 0 Å². The molecule has 0 aromatic heterocycles. The standard InChI is InChI=1S/C6H10/c1-4-6(3)5-2/h1,4,6H,3,5H2,2H3. The molecule has 0 saturated heterocycles. The van der Waals surface area contributed by atoms with Crippen LogP contribution in [0.5, 0.6) is 0 Å². The Morgan fingerprint density at radius 3 is 2.50 bits per heavy atom. The van der Waals surface area contributed by atoms with Crippen LogP contribution in [0.15, 0.2) is 6.08 Å². The van der Waals surface area contributed by atoms with Gasteiger partial charge in [0.15, 0.2) is 0 Å². The molecule has 0 heterocycles. The van der Waals surface area contributed by atoms with Crippen molar-refractivity contribution in [1.82, 2.24) is 0 Å². The Balaban J connectivity index is 2.96. The van der Waals surface area contributed by atoms with Gasteiger partial charge in [-0.2, -0.15) is 0 Å². The summed E-state index contributed by atoms with van der Waals surface area (Å²) in [5, 5.41) is 0. The molecule has 0 bridgehead atoms. The van der Waals surface area contributed by atoms with Gasteiger partial charge < -0.3 is 0 Å². The molecule has 0 heteroatoms. The molecule has 1 atom stereocenters. The molecule has 0 N–H and O–H groups in total. The Morgan fingerprint density at radius 1 is 2.00 bits per heavy atom. The Morgan fingerprint density at radius 2 is 2.50 bits per heavy atom. The lowest BCUT2D eigenvalue weighted by Crippen LogP contribution is -1.81. The minimum absolute atomic E-state index is 0.338. The van der Waals surface area contributed by atoms with Gasteiger partial charge in [0.2, 0.25) is 0 Å². The SMILES string of the molecule is [CH]=CC([CH2])CC. The fraction of sp³-hybridized carbons (Fsp3) is 0.500. The first-order chi connectivity index (χ1) is 2.81. The first kappa shape index (κ1) is 5.74. The minimum Gasteiger partial charge on any atom is -0.0814 e. The highest BCUT2D eigenvalue weighted by Crippen LogP contribution is 1.97. The van der Waals surface area contributed by atoms with Crippen molar-refractivity contribution in [1.29, 1.82) is 0 Å². The van der Waals surface area contributed by atoms with E-state index in [1.54, 1.807) is 6.08 Å². The number of hydrogen-bond acceptors (Lipinski definition) is 0. The second-order valence-electron chi connectivity index (χ2n) is 1.36. The first-order valence-corrected chi connectivity index (χ1v) is 2.19. The van der Waals surface area contributed by atoms with Crippen LogP contribution in [0.3, 0.4) is 0 Å². The molecule has 0 fully saturated rings. The first-order valence-electron chi connectivity index (χ1n) is 2.19. The van der Waals surface area contributed by atoms with Crippen molar-refractivity contribution in [2.45, 2.75) is 13.3 Å².